The Kier molecular flexibility index (Phi) is 6.71. The average Bonchev–Trinajstić information content (AvgIpc) is 2.24. The summed E-state index contributed by atoms with van der Waals surface area (Å²) in [5.74, 6) is -2.47. The Morgan fingerprint density at radius 1 is 1.56 bits per heavy atom. The number of hydrogen-bond donors (Lipinski definition) is 2. The van der Waals surface area contributed by atoms with Crippen molar-refractivity contribution in [1.29, 1.82) is 0 Å². The van der Waals surface area contributed by atoms with Crippen molar-refractivity contribution in [3.05, 3.63) is 22.1 Å². The van der Waals surface area contributed by atoms with E-state index < -0.39 is 18.5 Å². The molecule has 0 amide bonds. The Balaban J connectivity index is 0.00000106. The van der Waals surface area contributed by atoms with E-state index >= 15 is 0 Å². The lowest BCUT2D eigenvalue weighted by atomic mass is 10.5. The van der Waals surface area contributed by atoms with Crippen molar-refractivity contribution in [2.75, 3.05) is 13.7 Å². The highest BCUT2D eigenvalue weighted by Gasteiger charge is 2.11. The van der Waals surface area contributed by atoms with Crippen LogP contribution in [0.25, 0.3) is 0 Å². The summed E-state index contributed by atoms with van der Waals surface area (Å²) in [6.07, 6.45) is 0. The number of ether oxygens (including phenoxy) is 1. The molecule has 0 aromatic carbocycles. The predicted molar refractivity (Wildman–Crippen MR) is 57.5 cm³/mol. The molecule has 90 valence electrons. The molecule has 8 heteroatoms. The van der Waals surface area contributed by atoms with E-state index in [4.69, 9.17) is 28.3 Å². The Hall–Kier alpha value is -1.11. The van der Waals surface area contributed by atoms with Crippen molar-refractivity contribution in [1.82, 2.24) is 4.98 Å². The van der Waals surface area contributed by atoms with Crippen LogP contribution >= 0.6 is 23.2 Å². The molecule has 0 unspecified atom stereocenters. The summed E-state index contributed by atoms with van der Waals surface area (Å²) in [6.45, 7) is -0.645. The molecule has 0 bridgehead atoms. The van der Waals surface area contributed by atoms with Gasteiger partial charge in [-0.3, -0.25) is 0 Å². The third kappa shape index (κ3) is 4.61. The van der Waals surface area contributed by atoms with Crippen LogP contribution in [-0.2, 0) is 4.79 Å². The summed E-state index contributed by atoms with van der Waals surface area (Å²) in [7, 11) is 1.50. The Morgan fingerprint density at radius 3 is 2.62 bits per heavy atom. The largest absolute Gasteiger partial charge is 0.479 e. The van der Waals surface area contributed by atoms with Gasteiger partial charge < -0.3 is 15.6 Å². The van der Waals surface area contributed by atoms with Gasteiger partial charge in [-0.15, -0.1) is 0 Å². The molecule has 0 fully saturated rings. The summed E-state index contributed by atoms with van der Waals surface area (Å²) in [4.78, 5) is 13.3. The van der Waals surface area contributed by atoms with Crippen LogP contribution in [0.3, 0.4) is 0 Å². The van der Waals surface area contributed by atoms with Crippen molar-refractivity contribution >= 4 is 29.2 Å². The Labute approximate surface area is 101 Å². The van der Waals surface area contributed by atoms with Crippen LogP contribution in [0.5, 0.6) is 5.88 Å². The number of rotatable bonds is 3. The van der Waals surface area contributed by atoms with Gasteiger partial charge in [0.25, 0.3) is 0 Å². The van der Waals surface area contributed by atoms with Crippen LogP contribution in [0.4, 0.5) is 4.39 Å². The first kappa shape index (κ1) is 14.9. The van der Waals surface area contributed by atoms with E-state index in [1.54, 1.807) is 0 Å². The molecule has 0 radical (unpaired) electrons. The van der Waals surface area contributed by atoms with Crippen molar-refractivity contribution in [2.24, 2.45) is 5.73 Å². The Morgan fingerprint density at radius 2 is 2.12 bits per heavy atom. The van der Waals surface area contributed by atoms with Gasteiger partial charge in [-0.1, -0.05) is 23.2 Å². The minimum atomic E-state index is -1.21. The fourth-order valence-corrected chi connectivity index (χ4v) is 1.07. The summed E-state index contributed by atoms with van der Waals surface area (Å²) >= 11 is 10.9. The molecule has 0 aliphatic heterocycles. The van der Waals surface area contributed by atoms with Gasteiger partial charge in [0.2, 0.25) is 11.8 Å². The van der Waals surface area contributed by atoms with Gasteiger partial charge in [-0.2, -0.15) is 9.37 Å². The van der Waals surface area contributed by atoms with Crippen molar-refractivity contribution in [3.8, 4) is 5.88 Å². The first-order valence-electron chi connectivity index (χ1n) is 3.94. The zero-order valence-corrected chi connectivity index (χ0v) is 9.72. The van der Waals surface area contributed by atoms with E-state index in [1.165, 1.54) is 7.05 Å². The van der Waals surface area contributed by atoms with E-state index in [1.807, 2.05) is 0 Å². The average molecular weight is 271 g/mol. The van der Waals surface area contributed by atoms with Crippen LogP contribution in [0.2, 0.25) is 10.0 Å². The number of halogens is 3. The number of pyridine rings is 1. The first-order valence-corrected chi connectivity index (χ1v) is 4.70. The lowest BCUT2D eigenvalue weighted by Gasteiger charge is -2.04. The number of aliphatic carboxylic acids is 1. The molecule has 0 saturated heterocycles. The molecule has 5 nitrogen and oxygen atoms in total. The highest BCUT2D eigenvalue weighted by atomic mass is 35.5. The number of hydrogen-bond acceptors (Lipinski definition) is 4. The molecular weight excluding hydrogens is 262 g/mol. The van der Waals surface area contributed by atoms with Crippen LogP contribution in [0, 0.1) is 5.95 Å². The van der Waals surface area contributed by atoms with Gasteiger partial charge >= 0.3 is 5.97 Å². The highest BCUT2D eigenvalue weighted by Crippen LogP contribution is 2.26. The lowest BCUT2D eigenvalue weighted by Crippen LogP contribution is -2.10. The third-order valence-electron chi connectivity index (χ3n) is 1.19. The molecule has 1 aromatic heterocycles. The number of carboxylic acids is 1. The van der Waals surface area contributed by atoms with Crippen LogP contribution in [0.15, 0.2) is 6.07 Å². The van der Waals surface area contributed by atoms with Gasteiger partial charge in [0, 0.05) is 0 Å². The molecule has 1 rings (SSSR count). The standard InChI is InChI=1S/C7H4Cl2FNO3.CH5N/c8-3-1-4(9)7(11-6(3)10)14-2-5(12)13;1-2/h1H,2H2,(H,12,13);2H2,1H3. The molecule has 3 N–H and O–H groups in total. The fourth-order valence-electron chi connectivity index (χ4n) is 0.660. The first-order chi connectivity index (χ1) is 7.50. The minimum absolute atomic E-state index is 0.0438. The van der Waals surface area contributed by atoms with Crippen molar-refractivity contribution < 1.29 is 19.0 Å². The molecule has 0 aliphatic rings. The molecule has 0 spiro atoms. The number of carbonyl (C=O) groups is 1. The molecule has 1 heterocycles. The summed E-state index contributed by atoms with van der Waals surface area (Å²) in [5.41, 5.74) is 4.50. The van der Waals surface area contributed by atoms with E-state index in [2.05, 4.69) is 15.5 Å². The van der Waals surface area contributed by atoms with Gasteiger partial charge in [0.15, 0.2) is 6.61 Å². The topological polar surface area (TPSA) is 85.4 Å². The van der Waals surface area contributed by atoms with Gasteiger partial charge in [0.1, 0.15) is 5.02 Å². The Bertz CT molecular complexity index is 377. The maximum atomic E-state index is 12.8. The van der Waals surface area contributed by atoms with Gasteiger partial charge in [0.05, 0.1) is 5.02 Å². The maximum Gasteiger partial charge on any atom is 0.341 e. The van der Waals surface area contributed by atoms with Gasteiger partial charge in [-0.25, -0.2) is 4.79 Å². The number of nitrogens with two attached hydrogens (primary N) is 1. The molecular formula is C8H9Cl2FN2O3. The van der Waals surface area contributed by atoms with E-state index in [0.717, 1.165) is 6.07 Å². The third-order valence-corrected chi connectivity index (χ3v) is 1.72. The molecule has 0 atom stereocenters. The monoisotopic (exact) mass is 270 g/mol. The second kappa shape index (κ2) is 7.21. The fraction of sp³-hybridized carbons (Fsp3) is 0.250. The van der Waals surface area contributed by atoms with E-state index in [-0.39, 0.29) is 15.9 Å². The van der Waals surface area contributed by atoms with Crippen molar-refractivity contribution in [2.45, 2.75) is 0 Å². The second-order valence-corrected chi connectivity index (χ2v) is 3.04. The highest BCUT2D eigenvalue weighted by molar-refractivity contribution is 6.35. The molecule has 0 aliphatic carbocycles. The second-order valence-electron chi connectivity index (χ2n) is 2.23. The van der Waals surface area contributed by atoms with E-state index in [0.29, 0.717) is 0 Å². The number of aromatic nitrogens is 1. The summed E-state index contributed by atoms with van der Waals surface area (Å²) in [5, 5.41) is 7.98. The quantitative estimate of drug-likeness (QED) is 0.815. The summed E-state index contributed by atoms with van der Waals surface area (Å²) < 4.78 is 17.3. The summed E-state index contributed by atoms with van der Waals surface area (Å²) in [6, 6.07) is 1.09. The lowest BCUT2D eigenvalue weighted by molar-refractivity contribution is -0.139. The number of nitrogens with zero attached hydrogens (tertiary/aromatic N) is 1. The zero-order valence-electron chi connectivity index (χ0n) is 8.21. The van der Waals surface area contributed by atoms with Gasteiger partial charge in [-0.05, 0) is 13.1 Å². The predicted octanol–water partition coefficient (Wildman–Crippen LogP) is 1.57. The SMILES string of the molecule is CN.O=C(O)COc1nc(F)c(Cl)cc1Cl. The molecule has 1 aromatic rings. The molecule has 16 heavy (non-hydrogen) atoms. The van der Waals surface area contributed by atoms with Crippen LogP contribution < -0.4 is 10.5 Å². The number of carboxylic acid groups (broad SMARTS) is 1. The smallest absolute Gasteiger partial charge is 0.341 e. The van der Waals surface area contributed by atoms with Crippen molar-refractivity contribution in [3.63, 3.8) is 0 Å². The molecule has 0 saturated carbocycles. The van der Waals surface area contributed by atoms with E-state index in [9.17, 15) is 9.18 Å². The van der Waals surface area contributed by atoms with Crippen LogP contribution in [-0.4, -0.2) is 29.7 Å². The normalized spacial score (nSPS) is 9.06. The minimum Gasteiger partial charge on any atom is -0.479 e. The maximum absolute atomic E-state index is 12.8. The zero-order chi connectivity index (χ0) is 12.7. The van der Waals surface area contributed by atoms with Crippen LogP contribution in [0.1, 0.15) is 0 Å².